The van der Waals surface area contributed by atoms with Gasteiger partial charge in [-0.15, -0.1) is 5.10 Å². The first-order valence-corrected chi connectivity index (χ1v) is 4.58. The van der Waals surface area contributed by atoms with Crippen LogP contribution in [0.3, 0.4) is 0 Å². The third-order valence-electron chi connectivity index (χ3n) is 2.01. The van der Waals surface area contributed by atoms with Crippen molar-refractivity contribution in [2.24, 2.45) is 0 Å². The third kappa shape index (κ3) is 1.52. The Morgan fingerprint density at radius 1 is 1.53 bits per heavy atom. The molecule has 0 spiro atoms. The van der Waals surface area contributed by atoms with Gasteiger partial charge in [0.2, 0.25) is 5.88 Å². The van der Waals surface area contributed by atoms with Crippen LogP contribution in [0.1, 0.15) is 6.92 Å². The predicted molar refractivity (Wildman–Crippen MR) is 53.8 cm³/mol. The van der Waals surface area contributed by atoms with Crippen LogP contribution in [-0.4, -0.2) is 27.6 Å². The highest BCUT2D eigenvalue weighted by Gasteiger charge is 2.14. The number of nitrogens with zero attached hydrogens (tertiary/aromatic N) is 2. The van der Waals surface area contributed by atoms with Crippen molar-refractivity contribution < 1.29 is 14.6 Å². The van der Waals surface area contributed by atoms with Crippen molar-refractivity contribution in [2.75, 3.05) is 6.61 Å². The van der Waals surface area contributed by atoms with Gasteiger partial charge in [0, 0.05) is 0 Å². The van der Waals surface area contributed by atoms with Gasteiger partial charge in [0.15, 0.2) is 0 Å². The molecule has 5 nitrogen and oxygen atoms in total. The minimum atomic E-state index is -0.589. The number of aromatic nitrogens is 2. The molecule has 1 heterocycles. The van der Waals surface area contributed by atoms with Gasteiger partial charge in [-0.3, -0.25) is 0 Å². The summed E-state index contributed by atoms with van der Waals surface area (Å²) in [7, 11) is 0. The number of hydrogen-bond acceptors (Lipinski definition) is 4. The first-order chi connectivity index (χ1) is 7.24. The summed E-state index contributed by atoms with van der Waals surface area (Å²) in [6.07, 6.45) is -0.589. The van der Waals surface area contributed by atoms with Crippen molar-refractivity contribution in [1.82, 2.24) is 9.78 Å². The maximum atomic E-state index is 11.4. The van der Waals surface area contributed by atoms with Crippen LogP contribution in [0.5, 0.6) is 5.88 Å². The topological polar surface area (TPSA) is 64.4 Å². The van der Waals surface area contributed by atoms with E-state index in [9.17, 15) is 9.90 Å². The Hall–Kier alpha value is -2.04. The van der Waals surface area contributed by atoms with E-state index < -0.39 is 6.09 Å². The molecule has 0 aliphatic rings. The van der Waals surface area contributed by atoms with Gasteiger partial charge < -0.3 is 9.84 Å². The number of benzene rings is 1. The summed E-state index contributed by atoms with van der Waals surface area (Å²) >= 11 is 0. The normalized spacial score (nSPS) is 10.5. The molecule has 1 N–H and O–H groups in total. The van der Waals surface area contributed by atoms with E-state index in [1.165, 1.54) is 0 Å². The molecule has 0 aliphatic carbocycles. The van der Waals surface area contributed by atoms with Gasteiger partial charge >= 0.3 is 6.09 Å². The number of ether oxygens (including phenoxy) is 1. The summed E-state index contributed by atoms with van der Waals surface area (Å²) in [4.78, 5) is 11.4. The summed E-state index contributed by atoms with van der Waals surface area (Å²) in [5, 5.41) is 13.7. The molecule has 0 atom stereocenters. The van der Waals surface area contributed by atoms with Crippen LogP contribution in [0, 0.1) is 0 Å². The molecule has 2 aromatic rings. The van der Waals surface area contributed by atoms with E-state index in [2.05, 4.69) is 5.10 Å². The number of fused-ring (bicyclic) bond motifs is 1. The fourth-order valence-electron chi connectivity index (χ4n) is 1.37. The zero-order chi connectivity index (χ0) is 10.8. The van der Waals surface area contributed by atoms with Gasteiger partial charge in [-0.25, -0.2) is 4.79 Å². The fraction of sp³-hybridized carbons (Fsp3) is 0.200. The maximum Gasteiger partial charge on any atom is 0.435 e. The van der Waals surface area contributed by atoms with Crippen LogP contribution in [0.4, 0.5) is 4.79 Å². The first kappa shape index (κ1) is 9.51. The fourth-order valence-corrected chi connectivity index (χ4v) is 1.37. The summed E-state index contributed by atoms with van der Waals surface area (Å²) in [6.45, 7) is 1.98. The monoisotopic (exact) mass is 206 g/mol. The lowest BCUT2D eigenvalue weighted by molar-refractivity contribution is 0.151. The Bertz CT molecular complexity index is 504. The van der Waals surface area contributed by atoms with E-state index in [4.69, 9.17) is 4.74 Å². The molecule has 78 valence electrons. The first-order valence-electron chi connectivity index (χ1n) is 4.58. The zero-order valence-electron chi connectivity index (χ0n) is 8.17. The van der Waals surface area contributed by atoms with Crippen molar-refractivity contribution >= 4 is 17.0 Å². The molecule has 0 bridgehead atoms. The highest BCUT2D eigenvalue weighted by molar-refractivity contribution is 5.91. The molecule has 0 fully saturated rings. The second kappa shape index (κ2) is 3.61. The van der Waals surface area contributed by atoms with Crippen LogP contribution in [-0.2, 0) is 4.74 Å². The van der Waals surface area contributed by atoms with Gasteiger partial charge in [-0.05, 0) is 19.1 Å². The smallest absolute Gasteiger partial charge is 0.435 e. The number of hydrogen-bond donors (Lipinski definition) is 1. The third-order valence-corrected chi connectivity index (χ3v) is 2.01. The van der Waals surface area contributed by atoms with Gasteiger partial charge in [-0.1, -0.05) is 12.1 Å². The number of carbonyl (C=O) groups excluding carboxylic acids is 1. The Balaban J connectivity index is 2.57. The van der Waals surface area contributed by atoms with Crippen LogP contribution >= 0.6 is 0 Å². The molecule has 2 rings (SSSR count). The maximum absolute atomic E-state index is 11.4. The van der Waals surface area contributed by atoms with Crippen molar-refractivity contribution in [1.29, 1.82) is 0 Å². The number of para-hydroxylation sites is 1. The number of rotatable bonds is 1. The molecule has 0 amide bonds. The van der Waals surface area contributed by atoms with Crippen LogP contribution in [0.25, 0.3) is 10.9 Å². The van der Waals surface area contributed by atoms with Gasteiger partial charge in [0.25, 0.3) is 0 Å². The molecule has 1 aromatic heterocycles. The average Bonchev–Trinajstić information content (AvgIpc) is 2.58. The summed E-state index contributed by atoms with van der Waals surface area (Å²) in [5.41, 5.74) is 0.536. The zero-order valence-corrected chi connectivity index (χ0v) is 8.17. The highest BCUT2D eigenvalue weighted by atomic mass is 16.6. The lowest BCUT2D eigenvalue weighted by atomic mass is 10.2. The van der Waals surface area contributed by atoms with Crippen LogP contribution in [0.15, 0.2) is 24.3 Å². The largest absolute Gasteiger partial charge is 0.492 e. The molecule has 15 heavy (non-hydrogen) atoms. The van der Waals surface area contributed by atoms with E-state index in [-0.39, 0.29) is 12.5 Å². The number of aromatic hydroxyl groups is 1. The van der Waals surface area contributed by atoms with Gasteiger partial charge in [-0.2, -0.15) is 4.68 Å². The van der Waals surface area contributed by atoms with E-state index in [0.717, 1.165) is 4.68 Å². The van der Waals surface area contributed by atoms with Gasteiger partial charge in [0.05, 0.1) is 17.5 Å². The molecular formula is C10H10N2O3. The second-order valence-electron chi connectivity index (χ2n) is 2.95. The minimum absolute atomic E-state index is 0.168. The predicted octanol–water partition coefficient (Wildman–Crippen LogP) is 1.75. The number of carbonyl (C=O) groups is 1. The Labute approximate surface area is 85.9 Å². The lowest BCUT2D eigenvalue weighted by Gasteiger charge is -2.00. The SMILES string of the molecule is CCOC(=O)n1nc(O)c2ccccc21. The second-order valence-corrected chi connectivity index (χ2v) is 2.95. The van der Waals surface area contributed by atoms with E-state index in [1.807, 2.05) is 0 Å². The Morgan fingerprint density at radius 3 is 3.00 bits per heavy atom. The lowest BCUT2D eigenvalue weighted by Crippen LogP contribution is -2.14. The standard InChI is InChI=1S/C10H10N2O3/c1-2-15-10(14)12-8-6-4-3-5-7(8)9(13)11-12/h3-6H,2H2,1H3,(H,11,13). The summed E-state index contributed by atoms with van der Waals surface area (Å²) < 4.78 is 5.85. The Kier molecular flexibility index (Phi) is 2.29. The Morgan fingerprint density at radius 2 is 2.27 bits per heavy atom. The molecule has 1 aromatic carbocycles. The van der Waals surface area contributed by atoms with E-state index >= 15 is 0 Å². The average molecular weight is 206 g/mol. The quantitative estimate of drug-likeness (QED) is 0.771. The molecule has 0 saturated carbocycles. The molecule has 0 radical (unpaired) electrons. The molecule has 0 aliphatic heterocycles. The van der Waals surface area contributed by atoms with E-state index in [1.54, 1.807) is 31.2 Å². The molecular weight excluding hydrogens is 196 g/mol. The summed E-state index contributed by atoms with van der Waals surface area (Å²) in [6, 6.07) is 6.91. The molecule has 0 saturated heterocycles. The highest BCUT2D eigenvalue weighted by Crippen LogP contribution is 2.23. The molecule has 0 unspecified atom stereocenters. The summed E-state index contributed by atoms with van der Waals surface area (Å²) in [5.74, 6) is -0.168. The van der Waals surface area contributed by atoms with Crippen molar-refractivity contribution in [2.45, 2.75) is 6.92 Å². The van der Waals surface area contributed by atoms with E-state index in [0.29, 0.717) is 10.9 Å². The van der Waals surface area contributed by atoms with Gasteiger partial charge in [0.1, 0.15) is 0 Å². The van der Waals surface area contributed by atoms with Crippen molar-refractivity contribution in [3.05, 3.63) is 24.3 Å². The van der Waals surface area contributed by atoms with Crippen LogP contribution in [0.2, 0.25) is 0 Å². The van der Waals surface area contributed by atoms with Crippen molar-refractivity contribution in [3.8, 4) is 5.88 Å². The molecule has 5 heteroatoms. The minimum Gasteiger partial charge on any atom is -0.492 e. The van der Waals surface area contributed by atoms with Crippen molar-refractivity contribution in [3.63, 3.8) is 0 Å². The van der Waals surface area contributed by atoms with Crippen LogP contribution < -0.4 is 0 Å².